The van der Waals surface area contributed by atoms with Crippen LogP contribution in [0.3, 0.4) is 0 Å². The molecule has 31 heavy (non-hydrogen) atoms. The summed E-state index contributed by atoms with van der Waals surface area (Å²) in [6.45, 7) is 5.11. The predicted octanol–water partition coefficient (Wildman–Crippen LogP) is 2.87. The quantitative estimate of drug-likeness (QED) is 0.761. The summed E-state index contributed by atoms with van der Waals surface area (Å²) >= 11 is 0. The van der Waals surface area contributed by atoms with Gasteiger partial charge in [-0.2, -0.15) is 0 Å². The fourth-order valence-corrected chi connectivity index (χ4v) is 5.76. The number of ether oxygens (including phenoxy) is 2. The predicted molar refractivity (Wildman–Crippen MR) is 116 cm³/mol. The SMILES string of the molecule is Cc1c(C(=O)N2CCCCCC2)c(S(=O)(=O)NCc2ccc3c(c2)OCO3)c(C)n1C. The van der Waals surface area contributed by atoms with E-state index in [-0.39, 0.29) is 29.7 Å². The van der Waals surface area contributed by atoms with Crippen LogP contribution >= 0.6 is 0 Å². The molecule has 1 N–H and O–H groups in total. The molecule has 1 saturated heterocycles. The zero-order chi connectivity index (χ0) is 22.2. The molecule has 0 unspecified atom stereocenters. The number of amides is 1. The molecular weight excluding hydrogens is 418 g/mol. The Balaban J connectivity index is 1.63. The number of aromatic nitrogens is 1. The Morgan fingerprint density at radius 2 is 1.71 bits per heavy atom. The lowest BCUT2D eigenvalue weighted by atomic mass is 10.2. The lowest BCUT2D eigenvalue weighted by Crippen LogP contribution is -2.34. The summed E-state index contributed by atoms with van der Waals surface area (Å²) in [6, 6.07) is 5.32. The van der Waals surface area contributed by atoms with Crippen molar-refractivity contribution >= 4 is 15.9 Å². The summed E-state index contributed by atoms with van der Waals surface area (Å²) < 4.78 is 41.8. The minimum Gasteiger partial charge on any atom is -0.454 e. The van der Waals surface area contributed by atoms with Crippen molar-refractivity contribution in [2.75, 3.05) is 19.9 Å². The van der Waals surface area contributed by atoms with E-state index in [2.05, 4.69) is 4.72 Å². The molecule has 0 spiro atoms. The number of fused-ring (bicyclic) bond motifs is 1. The van der Waals surface area contributed by atoms with E-state index in [4.69, 9.17) is 9.47 Å². The highest BCUT2D eigenvalue weighted by atomic mass is 32.2. The van der Waals surface area contributed by atoms with Crippen molar-refractivity contribution in [2.24, 2.45) is 7.05 Å². The van der Waals surface area contributed by atoms with Crippen LogP contribution in [0.5, 0.6) is 11.5 Å². The second kappa shape index (κ2) is 8.55. The zero-order valence-corrected chi connectivity index (χ0v) is 19.0. The number of rotatable bonds is 5. The van der Waals surface area contributed by atoms with Crippen LogP contribution in [0.2, 0.25) is 0 Å². The molecule has 0 bridgehead atoms. The van der Waals surface area contributed by atoms with E-state index >= 15 is 0 Å². The first-order valence-electron chi connectivity index (χ1n) is 10.6. The molecule has 0 saturated carbocycles. The van der Waals surface area contributed by atoms with Crippen LogP contribution in [-0.2, 0) is 23.6 Å². The van der Waals surface area contributed by atoms with Gasteiger partial charge in [-0.1, -0.05) is 18.9 Å². The summed E-state index contributed by atoms with van der Waals surface area (Å²) in [7, 11) is -2.13. The number of nitrogens with zero attached hydrogens (tertiary/aromatic N) is 2. The highest BCUT2D eigenvalue weighted by Crippen LogP contribution is 2.33. The Labute approximate surface area is 183 Å². The summed E-state index contributed by atoms with van der Waals surface area (Å²) in [5, 5.41) is 0. The molecule has 0 atom stereocenters. The van der Waals surface area contributed by atoms with Crippen molar-refractivity contribution in [3.05, 3.63) is 40.7 Å². The first kappa shape index (κ1) is 21.7. The number of benzene rings is 1. The number of likely N-dealkylation sites (tertiary alicyclic amines) is 1. The molecule has 8 nitrogen and oxygen atoms in total. The van der Waals surface area contributed by atoms with Crippen molar-refractivity contribution in [3.63, 3.8) is 0 Å². The molecule has 1 aromatic heterocycles. The molecule has 1 aromatic carbocycles. The molecule has 2 aliphatic heterocycles. The second-order valence-corrected chi connectivity index (χ2v) is 9.86. The van der Waals surface area contributed by atoms with Crippen LogP contribution in [0, 0.1) is 13.8 Å². The number of carbonyl (C=O) groups is 1. The highest BCUT2D eigenvalue weighted by molar-refractivity contribution is 7.89. The van der Waals surface area contributed by atoms with Crippen LogP contribution in [0.1, 0.15) is 53.0 Å². The Bertz CT molecular complexity index is 1100. The highest BCUT2D eigenvalue weighted by Gasteiger charge is 2.33. The largest absolute Gasteiger partial charge is 0.454 e. The van der Waals surface area contributed by atoms with E-state index in [0.717, 1.165) is 31.2 Å². The smallest absolute Gasteiger partial charge is 0.257 e. The third-order valence-corrected chi connectivity index (χ3v) is 7.76. The Morgan fingerprint density at radius 1 is 1.03 bits per heavy atom. The normalized spacial score (nSPS) is 16.4. The van der Waals surface area contributed by atoms with Gasteiger partial charge in [0, 0.05) is 38.1 Å². The molecule has 9 heteroatoms. The molecule has 1 amide bonds. The van der Waals surface area contributed by atoms with E-state index in [1.54, 1.807) is 48.6 Å². The third-order valence-electron chi connectivity index (χ3n) is 6.20. The minimum atomic E-state index is -3.92. The second-order valence-electron chi connectivity index (χ2n) is 8.15. The molecule has 0 aliphatic carbocycles. The Hall–Kier alpha value is -2.52. The van der Waals surface area contributed by atoms with Gasteiger partial charge < -0.3 is 18.9 Å². The minimum absolute atomic E-state index is 0.0718. The average molecular weight is 448 g/mol. The molecule has 0 radical (unpaired) electrons. The summed E-state index contributed by atoms with van der Waals surface area (Å²) in [6.07, 6.45) is 4.08. The van der Waals surface area contributed by atoms with Crippen molar-refractivity contribution < 1.29 is 22.7 Å². The maximum atomic E-state index is 13.4. The van der Waals surface area contributed by atoms with Crippen molar-refractivity contribution in [1.82, 2.24) is 14.2 Å². The molecule has 1 fully saturated rings. The van der Waals surface area contributed by atoms with Gasteiger partial charge in [0.05, 0.1) is 5.56 Å². The Kier molecular flexibility index (Phi) is 5.98. The van der Waals surface area contributed by atoms with Gasteiger partial charge in [-0.05, 0) is 44.4 Å². The van der Waals surface area contributed by atoms with Crippen LogP contribution in [0.15, 0.2) is 23.1 Å². The maximum Gasteiger partial charge on any atom is 0.257 e. The molecule has 2 aromatic rings. The first-order chi connectivity index (χ1) is 14.8. The summed E-state index contributed by atoms with van der Waals surface area (Å²) in [4.78, 5) is 15.3. The fourth-order valence-electron chi connectivity index (χ4n) is 4.23. The lowest BCUT2D eigenvalue weighted by Gasteiger charge is -2.21. The van der Waals surface area contributed by atoms with Gasteiger partial charge >= 0.3 is 0 Å². The maximum absolute atomic E-state index is 13.4. The van der Waals surface area contributed by atoms with Gasteiger partial charge in [0.1, 0.15) is 4.90 Å². The standard InChI is InChI=1S/C22H29N3O5S/c1-15-20(22(26)25-10-6-4-5-7-11-25)21(16(2)24(15)3)31(27,28)23-13-17-8-9-18-19(12-17)30-14-29-18/h8-9,12,23H,4-7,10-11,13-14H2,1-3H3. The van der Waals surface area contributed by atoms with E-state index in [1.165, 1.54) is 0 Å². The van der Waals surface area contributed by atoms with E-state index in [9.17, 15) is 13.2 Å². The number of sulfonamides is 1. The molecule has 168 valence electrons. The van der Waals surface area contributed by atoms with Crippen LogP contribution < -0.4 is 14.2 Å². The number of hydrogen-bond acceptors (Lipinski definition) is 5. The van der Waals surface area contributed by atoms with Crippen molar-refractivity contribution in [1.29, 1.82) is 0 Å². The van der Waals surface area contributed by atoms with Gasteiger partial charge in [0.15, 0.2) is 11.5 Å². The van der Waals surface area contributed by atoms with Crippen molar-refractivity contribution in [2.45, 2.75) is 51.0 Å². The monoisotopic (exact) mass is 447 g/mol. The first-order valence-corrected chi connectivity index (χ1v) is 12.1. The summed E-state index contributed by atoms with van der Waals surface area (Å²) in [5.41, 5.74) is 2.24. The molecule has 2 aliphatic rings. The Morgan fingerprint density at radius 3 is 2.42 bits per heavy atom. The van der Waals surface area contributed by atoms with Crippen LogP contribution in [0.25, 0.3) is 0 Å². The number of nitrogens with one attached hydrogen (secondary N) is 1. The van der Waals surface area contributed by atoms with Gasteiger partial charge in [0.2, 0.25) is 16.8 Å². The van der Waals surface area contributed by atoms with Gasteiger partial charge in [-0.15, -0.1) is 0 Å². The summed E-state index contributed by atoms with van der Waals surface area (Å²) in [5.74, 6) is 1.04. The van der Waals surface area contributed by atoms with Crippen LogP contribution in [-0.4, -0.2) is 43.7 Å². The molecular formula is C22H29N3O5S. The van der Waals surface area contributed by atoms with E-state index in [1.807, 2.05) is 0 Å². The average Bonchev–Trinajstić information content (AvgIpc) is 3.17. The molecule has 4 rings (SSSR count). The van der Waals surface area contributed by atoms with E-state index < -0.39 is 10.0 Å². The fraction of sp³-hybridized carbons (Fsp3) is 0.500. The van der Waals surface area contributed by atoms with Crippen LogP contribution in [0.4, 0.5) is 0 Å². The third kappa shape index (κ3) is 4.16. The number of carbonyl (C=O) groups excluding carboxylic acids is 1. The zero-order valence-electron chi connectivity index (χ0n) is 18.2. The topological polar surface area (TPSA) is 89.9 Å². The lowest BCUT2D eigenvalue weighted by molar-refractivity contribution is 0.0757. The van der Waals surface area contributed by atoms with Gasteiger partial charge in [-0.3, -0.25) is 4.79 Å². The van der Waals surface area contributed by atoms with Crippen molar-refractivity contribution in [3.8, 4) is 11.5 Å². The van der Waals surface area contributed by atoms with E-state index in [0.29, 0.717) is 36.0 Å². The number of hydrogen-bond donors (Lipinski definition) is 1. The van der Waals surface area contributed by atoms with Gasteiger partial charge in [0.25, 0.3) is 5.91 Å². The molecule has 3 heterocycles. The van der Waals surface area contributed by atoms with Gasteiger partial charge in [-0.25, -0.2) is 13.1 Å².